The molecule has 1 aliphatic heterocycles. The van der Waals surface area contributed by atoms with E-state index in [-0.39, 0.29) is 13.2 Å². The van der Waals surface area contributed by atoms with E-state index < -0.39 is 25.2 Å². The van der Waals surface area contributed by atoms with Gasteiger partial charge in [-0.1, -0.05) is 6.42 Å². The largest absolute Gasteiger partial charge is 0.431 e. The van der Waals surface area contributed by atoms with Crippen molar-refractivity contribution in [2.45, 2.75) is 57.6 Å². The van der Waals surface area contributed by atoms with Gasteiger partial charge in [0.2, 0.25) is 5.79 Å². The van der Waals surface area contributed by atoms with E-state index in [1.807, 2.05) is 0 Å². The maximum absolute atomic E-state index is 12.6. The van der Waals surface area contributed by atoms with Crippen molar-refractivity contribution in [2.24, 2.45) is 0 Å². The van der Waals surface area contributed by atoms with Gasteiger partial charge in [0.1, 0.15) is 0 Å². The van der Waals surface area contributed by atoms with Crippen LogP contribution in [0.15, 0.2) is 0 Å². The summed E-state index contributed by atoms with van der Waals surface area (Å²) in [6.45, 7) is 3.78. The summed E-state index contributed by atoms with van der Waals surface area (Å²) in [5.41, 5.74) is 0. The van der Waals surface area contributed by atoms with Gasteiger partial charge in [-0.25, -0.2) is 4.79 Å². The van der Waals surface area contributed by atoms with Crippen LogP contribution in [0, 0.1) is 0 Å². The second-order valence-corrected chi connectivity index (χ2v) is 6.80. The minimum atomic E-state index is -3.61. The zero-order valence-corrected chi connectivity index (χ0v) is 12.3. The first-order chi connectivity index (χ1) is 9.05. The smallest absolute Gasteiger partial charge is 0.370 e. The second kappa shape index (κ2) is 5.92. The Morgan fingerprint density at radius 1 is 1.21 bits per heavy atom. The zero-order valence-electron chi connectivity index (χ0n) is 11.4. The molecule has 19 heavy (non-hydrogen) atoms. The number of esters is 1. The molecule has 7 heteroatoms. The summed E-state index contributed by atoms with van der Waals surface area (Å²) >= 11 is 0. The van der Waals surface area contributed by atoms with Crippen LogP contribution in [0.3, 0.4) is 0 Å². The van der Waals surface area contributed by atoms with Gasteiger partial charge in [-0.05, 0) is 26.7 Å². The fourth-order valence-electron chi connectivity index (χ4n) is 2.55. The number of carbonyl (C=O) groups is 1. The molecule has 1 aliphatic carbocycles. The molecule has 2 rings (SSSR count). The lowest BCUT2D eigenvalue weighted by atomic mass is 9.94. The molecule has 0 aromatic carbocycles. The van der Waals surface area contributed by atoms with Crippen molar-refractivity contribution >= 4 is 13.6 Å². The third kappa shape index (κ3) is 3.02. The number of rotatable bonds is 5. The molecule has 0 N–H and O–H groups in total. The maximum atomic E-state index is 12.6. The Morgan fingerprint density at radius 2 is 1.79 bits per heavy atom. The molecule has 1 heterocycles. The Bertz CT molecular complexity index is 366. The Kier molecular flexibility index (Phi) is 4.66. The van der Waals surface area contributed by atoms with Crippen molar-refractivity contribution < 1.29 is 27.9 Å². The lowest BCUT2D eigenvalue weighted by molar-refractivity contribution is -0.188. The van der Waals surface area contributed by atoms with Crippen molar-refractivity contribution in [1.82, 2.24) is 0 Å². The molecule has 2 aliphatic rings. The van der Waals surface area contributed by atoms with Gasteiger partial charge in [0.25, 0.3) is 5.85 Å². The highest BCUT2D eigenvalue weighted by atomic mass is 31.2. The molecule has 1 atom stereocenters. The molecule has 0 bridgehead atoms. The Balaban J connectivity index is 2.15. The molecule has 1 unspecified atom stereocenters. The minimum absolute atomic E-state index is 0.192. The third-order valence-corrected chi connectivity index (χ3v) is 5.46. The van der Waals surface area contributed by atoms with Crippen LogP contribution >= 0.6 is 7.60 Å². The van der Waals surface area contributed by atoms with E-state index in [9.17, 15) is 9.36 Å². The second-order valence-electron chi connectivity index (χ2n) is 4.74. The molecule has 6 nitrogen and oxygen atoms in total. The summed E-state index contributed by atoms with van der Waals surface area (Å²) in [6.07, 6.45) is 4.27. The van der Waals surface area contributed by atoms with Gasteiger partial charge in [-0.2, -0.15) is 0 Å². The van der Waals surface area contributed by atoms with Crippen LogP contribution in [0.4, 0.5) is 0 Å². The van der Waals surface area contributed by atoms with E-state index >= 15 is 0 Å². The number of hydrogen-bond donors (Lipinski definition) is 0. The quantitative estimate of drug-likeness (QED) is 0.573. The molecular formula is C12H21O6P. The van der Waals surface area contributed by atoms with Crippen molar-refractivity contribution in [3.63, 3.8) is 0 Å². The number of hydrogen-bond acceptors (Lipinski definition) is 6. The van der Waals surface area contributed by atoms with Crippen LogP contribution < -0.4 is 0 Å². The lowest BCUT2D eigenvalue weighted by Crippen LogP contribution is -2.33. The van der Waals surface area contributed by atoms with Gasteiger partial charge >= 0.3 is 13.6 Å². The molecular weight excluding hydrogens is 271 g/mol. The summed E-state index contributed by atoms with van der Waals surface area (Å²) in [5.74, 6) is -2.79. The molecule has 1 saturated carbocycles. The molecule has 0 aromatic rings. The Morgan fingerprint density at radius 3 is 2.32 bits per heavy atom. The summed E-state index contributed by atoms with van der Waals surface area (Å²) in [5, 5.41) is 0. The van der Waals surface area contributed by atoms with E-state index in [0.717, 1.165) is 19.3 Å². The SMILES string of the molecule is CCOP(=O)(OCC)C1OC2(CCCCC2)OC1=O. The first kappa shape index (κ1) is 15.0. The van der Waals surface area contributed by atoms with E-state index in [1.165, 1.54) is 0 Å². The molecule has 0 radical (unpaired) electrons. The monoisotopic (exact) mass is 292 g/mol. The first-order valence-electron chi connectivity index (χ1n) is 6.85. The van der Waals surface area contributed by atoms with Gasteiger partial charge in [-0.3, -0.25) is 4.57 Å². The number of carbonyl (C=O) groups excluding carboxylic acids is 1. The van der Waals surface area contributed by atoms with Gasteiger partial charge in [-0.15, -0.1) is 0 Å². The first-order valence-corrected chi connectivity index (χ1v) is 8.46. The Labute approximate surface area is 113 Å². The lowest BCUT2D eigenvalue weighted by Gasteiger charge is -2.31. The highest BCUT2D eigenvalue weighted by Gasteiger charge is 2.57. The van der Waals surface area contributed by atoms with Crippen molar-refractivity contribution in [1.29, 1.82) is 0 Å². The molecule has 2 fully saturated rings. The summed E-state index contributed by atoms with van der Waals surface area (Å²) in [6, 6.07) is 0. The van der Waals surface area contributed by atoms with E-state index in [1.54, 1.807) is 13.8 Å². The topological polar surface area (TPSA) is 71.1 Å². The van der Waals surface area contributed by atoms with Crippen LogP contribution in [-0.2, 0) is 27.9 Å². The van der Waals surface area contributed by atoms with Crippen LogP contribution in [0.2, 0.25) is 0 Å². The Hall–Kier alpha value is -0.420. The maximum Gasteiger partial charge on any atom is 0.370 e. The predicted molar refractivity (Wildman–Crippen MR) is 67.6 cm³/mol. The van der Waals surface area contributed by atoms with E-state index in [2.05, 4.69) is 0 Å². The summed E-state index contributed by atoms with van der Waals surface area (Å²) < 4.78 is 33.9. The average Bonchev–Trinajstić information content (AvgIpc) is 2.68. The van der Waals surface area contributed by atoms with Gasteiger partial charge in [0.05, 0.1) is 13.2 Å². The van der Waals surface area contributed by atoms with Crippen molar-refractivity contribution in [2.75, 3.05) is 13.2 Å². The molecule has 1 spiro atoms. The van der Waals surface area contributed by atoms with Crippen LogP contribution in [0.25, 0.3) is 0 Å². The molecule has 1 saturated heterocycles. The van der Waals surface area contributed by atoms with Crippen molar-refractivity contribution in [3.8, 4) is 0 Å². The third-order valence-electron chi connectivity index (χ3n) is 3.34. The molecule has 0 aromatic heterocycles. The predicted octanol–water partition coefficient (Wildman–Crippen LogP) is 2.81. The minimum Gasteiger partial charge on any atom is -0.431 e. The van der Waals surface area contributed by atoms with Gasteiger partial charge in [0.15, 0.2) is 0 Å². The van der Waals surface area contributed by atoms with Crippen molar-refractivity contribution in [3.05, 3.63) is 0 Å². The molecule has 0 amide bonds. The summed E-state index contributed by atoms with van der Waals surface area (Å²) in [7, 11) is -3.61. The summed E-state index contributed by atoms with van der Waals surface area (Å²) in [4.78, 5) is 12.0. The fraction of sp³-hybridized carbons (Fsp3) is 0.917. The number of ether oxygens (including phenoxy) is 2. The molecule has 110 valence electrons. The van der Waals surface area contributed by atoms with E-state index in [0.29, 0.717) is 12.8 Å². The zero-order chi connectivity index (χ0) is 13.9. The van der Waals surface area contributed by atoms with Crippen LogP contribution in [0.5, 0.6) is 0 Å². The van der Waals surface area contributed by atoms with E-state index in [4.69, 9.17) is 18.5 Å². The van der Waals surface area contributed by atoms with Gasteiger partial charge < -0.3 is 18.5 Å². The van der Waals surface area contributed by atoms with Crippen LogP contribution in [-0.4, -0.2) is 30.8 Å². The normalized spacial score (nSPS) is 26.6. The standard InChI is InChI=1S/C12H21O6P/c1-3-15-19(14,16-4-2)11-10(13)17-12(18-11)8-6-5-7-9-12/h11H,3-9H2,1-2H3. The highest BCUT2D eigenvalue weighted by molar-refractivity contribution is 7.55. The fourth-order valence-corrected chi connectivity index (χ4v) is 4.24. The average molecular weight is 292 g/mol. The van der Waals surface area contributed by atoms with Gasteiger partial charge in [0, 0.05) is 12.8 Å². The van der Waals surface area contributed by atoms with Crippen LogP contribution in [0.1, 0.15) is 46.0 Å². The highest BCUT2D eigenvalue weighted by Crippen LogP contribution is 2.58.